The second-order valence-corrected chi connectivity index (χ2v) is 5.02. The summed E-state index contributed by atoms with van der Waals surface area (Å²) in [5.74, 6) is 0.771. The van der Waals surface area contributed by atoms with Crippen molar-refractivity contribution < 1.29 is 24.8 Å². The number of methoxy groups -OCH3 is 2. The van der Waals surface area contributed by atoms with Gasteiger partial charge < -0.3 is 24.8 Å². The first-order valence-corrected chi connectivity index (χ1v) is 6.92. The van der Waals surface area contributed by atoms with Crippen LogP contribution in [-0.4, -0.2) is 36.1 Å². The summed E-state index contributed by atoms with van der Waals surface area (Å²) in [6, 6.07) is 10.1. The molecule has 2 rings (SSSR count). The summed E-state index contributed by atoms with van der Waals surface area (Å²) < 4.78 is 10.2. The lowest BCUT2D eigenvalue weighted by Gasteiger charge is -2.17. The Morgan fingerprint density at radius 2 is 1.50 bits per heavy atom. The second kappa shape index (κ2) is 7.04. The topological polar surface area (TPSA) is 79.2 Å². The van der Waals surface area contributed by atoms with Crippen LogP contribution in [0, 0.1) is 0 Å². The molecule has 2 aromatic carbocycles. The van der Waals surface area contributed by atoms with E-state index in [9.17, 15) is 15.3 Å². The Morgan fingerprint density at radius 1 is 0.909 bits per heavy atom. The summed E-state index contributed by atoms with van der Waals surface area (Å²) in [5, 5.41) is 28.9. The van der Waals surface area contributed by atoms with Gasteiger partial charge in [-0.3, -0.25) is 0 Å². The van der Waals surface area contributed by atoms with E-state index in [0.29, 0.717) is 17.9 Å². The van der Waals surface area contributed by atoms with Crippen LogP contribution in [0.4, 0.5) is 0 Å². The first-order valence-electron chi connectivity index (χ1n) is 6.92. The van der Waals surface area contributed by atoms with Gasteiger partial charge in [0.25, 0.3) is 0 Å². The summed E-state index contributed by atoms with van der Waals surface area (Å²) in [4.78, 5) is 0. The van der Waals surface area contributed by atoms with Gasteiger partial charge in [-0.05, 0) is 41.8 Å². The van der Waals surface area contributed by atoms with Crippen molar-refractivity contribution in [2.24, 2.45) is 0 Å². The molecule has 0 aliphatic heterocycles. The lowest BCUT2D eigenvalue weighted by Crippen LogP contribution is -2.08. The van der Waals surface area contributed by atoms with E-state index < -0.39 is 0 Å². The minimum atomic E-state index is -0.149. The van der Waals surface area contributed by atoms with Gasteiger partial charge in [-0.25, -0.2) is 0 Å². The van der Waals surface area contributed by atoms with Crippen LogP contribution in [0.15, 0.2) is 36.4 Å². The molecule has 0 spiro atoms. The molecule has 3 N–H and O–H groups in total. The summed E-state index contributed by atoms with van der Waals surface area (Å²) in [5.41, 5.74) is 1.80. The Morgan fingerprint density at radius 3 is 2.09 bits per heavy atom. The van der Waals surface area contributed by atoms with Gasteiger partial charge in [-0.15, -0.1) is 0 Å². The van der Waals surface area contributed by atoms with Crippen molar-refractivity contribution in [3.05, 3.63) is 47.5 Å². The summed E-state index contributed by atoms with van der Waals surface area (Å²) >= 11 is 0. The van der Waals surface area contributed by atoms with E-state index in [1.165, 1.54) is 14.2 Å². The second-order valence-electron chi connectivity index (χ2n) is 5.02. The highest BCUT2D eigenvalue weighted by molar-refractivity contribution is 5.45. The number of benzene rings is 2. The van der Waals surface area contributed by atoms with E-state index >= 15 is 0 Å². The number of aromatic hydroxyl groups is 2. The third-order valence-electron chi connectivity index (χ3n) is 3.62. The van der Waals surface area contributed by atoms with Crippen molar-refractivity contribution in [1.82, 2.24) is 0 Å². The molecule has 0 aliphatic rings. The highest BCUT2D eigenvalue weighted by atomic mass is 16.5. The molecule has 5 nitrogen and oxygen atoms in total. The average Bonchev–Trinajstić information content (AvgIpc) is 2.54. The van der Waals surface area contributed by atoms with Gasteiger partial charge in [-0.1, -0.05) is 12.1 Å². The molecule has 118 valence electrons. The zero-order valence-electron chi connectivity index (χ0n) is 12.6. The van der Waals surface area contributed by atoms with Crippen molar-refractivity contribution >= 4 is 0 Å². The van der Waals surface area contributed by atoms with Crippen molar-refractivity contribution in [1.29, 1.82) is 0 Å². The lowest BCUT2D eigenvalue weighted by atomic mass is 9.92. The smallest absolute Gasteiger partial charge is 0.160 e. The Balaban J connectivity index is 2.25. The number of ether oxygens (including phenoxy) is 2. The van der Waals surface area contributed by atoms with Crippen molar-refractivity contribution in [3.63, 3.8) is 0 Å². The van der Waals surface area contributed by atoms with Crippen LogP contribution in [0.1, 0.15) is 17.0 Å². The molecule has 0 aliphatic carbocycles. The minimum Gasteiger partial charge on any atom is -0.504 e. The van der Waals surface area contributed by atoms with Crippen LogP contribution in [0.2, 0.25) is 0 Å². The van der Waals surface area contributed by atoms with E-state index in [1.54, 1.807) is 36.4 Å². The van der Waals surface area contributed by atoms with E-state index in [2.05, 4.69) is 0 Å². The fourth-order valence-corrected chi connectivity index (χ4v) is 2.37. The highest BCUT2D eigenvalue weighted by Crippen LogP contribution is 2.32. The number of hydrogen-bond donors (Lipinski definition) is 3. The molecule has 0 fully saturated rings. The zero-order valence-corrected chi connectivity index (χ0v) is 12.6. The monoisotopic (exact) mass is 304 g/mol. The van der Waals surface area contributed by atoms with Crippen LogP contribution < -0.4 is 9.47 Å². The van der Waals surface area contributed by atoms with Crippen molar-refractivity contribution in [3.8, 4) is 23.0 Å². The predicted molar refractivity (Wildman–Crippen MR) is 82.8 cm³/mol. The van der Waals surface area contributed by atoms with Gasteiger partial charge in [-0.2, -0.15) is 0 Å². The molecule has 0 bridgehead atoms. The standard InChI is InChI=1S/C17H20O5/c1-21-16-8-11(3-5-14(16)19)7-13(10-18)12-4-6-15(20)17(9-12)22-2/h3-6,8-9,13,18-20H,7,10H2,1-2H3. The molecule has 0 aromatic heterocycles. The van der Waals surface area contributed by atoms with Crippen LogP contribution >= 0.6 is 0 Å². The number of rotatable bonds is 6. The number of aliphatic hydroxyl groups is 1. The van der Waals surface area contributed by atoms with Crippen molar-refractivity contribution in [2.45, 2.75) is 12.3 Å². The molecule has 0 heterocycles. The zero-order chi connectivity index (χ0) is 16.1. The van der Waals surface area contributed by atoms with Gasteiger partial charge in [0.1, 0.15) is 0 Å². The summed E-state index contributed by atoms with van der Waals surface area (Å²) in [6.45, 7) is -0.0445. The molecule has 0 radical (unpaired) electrons. The van der Waals surface area contributed by atoms with Crippen LogP contribution in [0.3, 0.4) is 0 Å². The third-order valence-corrected chi connectivity index (χ3v) is 3.62. The molecule has 2 aromatic rings. The Labute approximate surface area is 129 Å². The maximum atomic E-state index is 9.67. The molecule has 0 amide bonds. The fraction of sp³-hybridized carbons (Fsp3) is 0.294. The normalized spacial score (nSPS) is 12.0. The molecule has 5 heteroatoms. The van der Waals surface area contributed by atoms with Crippen LogP contribution in [0.25, 0.3) is 0 Å². The molecular formula is C17H20O5. The third kappa shape index (κ3) is 3.43. The number of aliphatic hydroxyl groups excluding tert-OH is 1. The minimum absolute atomic E-state index is 0.0445. The molecule has 22 heavy (non-hydrogen) atoms. The fourth-order valence-electron chi connectivity index (χ4n) is 2.37. The van der Waals surface area contributed by atoms with Gasteiger partial charge in [0, 0.05) is 5.92 Å². The number of phenols is 2. The van der Waals surface area contributed by atoms with E-state index in [4.69, 9.17) is 9.47 Å². The molecule has 1 unspecified atom stereocenters. The first-order chi connectivity index (χ1) is 10.6. The van der Waals surface area contributed by atoms with Crippen LogP contribution in [0.5, 0.6) is 23.0 Å². The number of phenolic OH excluding ortho intramolecular Hbond substituents is 2. The van der Waals surface area contributed by atoms with Gasteiger partial charge >= 0.3 is 0 Å². The maximum Gasteiger partial charge on any atom is 0.160 e. The van der Waals surface area contributed by atoms with Gasteiger partial charge in [0.2, 0.25) is 0 Å². The van der Waals surface area contributed by atoms with Gasteiger partial charge in [0.15, 0.2) is 23.0 Å². The summed E-state index contributed by atoms with van der Waals surface area (Å²) in [7, 11) is 2.98. The maximum absolute atomic E-state index is 9.67. The quantitative estimate of drug-likeness (QED) is 0.764. The summed E-state index contributed by atoms with van der Waals surface area (Å²) in [6.07, 6.45) is 0.571. The molecular weight excluding hydrogens is 284 g/mol. The SMILES string of the molecule is COc1cc(CC(CO)c2ccc(O)c(OC)c2)ccc1O. The Hall–Kier alpha value is -2.40. The average molecular weight is 304 g/mol. The van der Waals surface area contributed by atoms with Crippen LogP contribution in [-0.2, 0) is 6.42 Å². The van der Waals surface area contributed by atoms with E-state index in [0.717, 1.165) is 11.1 Å². The van der Waals surface area contributed by atoms with E-state index in [1.807, 2.05) is 0 Å². The Bertz CT molecular complexity index is 639. The molecule has 0 saturated carbocycles. The predicted octanol–water partition coefficient (Wildman–Crippen LogP) is 2.43. The molecule has 0 saturated heterocycles. The van der Waals surface area contributed by atoms with E-state index in [-0.39, 0.29) is 24.0 Å². The highest BCUT2D eigenvalue weighted by Gasteiger charge is 2.15. The number of hydrogen-bond acceptors (Lipinski definition) is 5. The van der Waals surface area contributed by atoms with Gasteiger partial charge in [0.05, 0.1) is 20.8 Å². The lowest BCUT2D eigenvalue weighted by molar-refractivity contribution is 0.264. The molecule has 1 atom stereocenters. The largest absolute Gasteiger partial charge is 0.504 e. The first kappa shape index (κ1) is 16.0. The van der Waals surface area contributed by atoms with Crippen molar-refractivity contribution in [2.75, 3.05) is 20.8 Å². The Kier molecular flexibility index (Phi) is 5.12.